The number of carbonyl (C=O) groups is 1. The number of hydrogen-bond acceptors (Lipinski definition) is 3. The van der Waals surface area contributed by atoms with Gasteiger partial charge in [-0.1, -0.05) is 0 Å². The maximum Gasteiger partial charge on any atom is 0.250 e. The van der Waals surface area contributed by atoms with E-state index in [1.807, 2.05) is 0 Å². The van der Waals surface area contributed by atoms with Crippen molar-refractivity contribution in [3.05, 3.63) is 28.7 Å². The Hall–Kier alpha value is -1.62. The van der Waals surface area contributed by atoms with Gasteiger partial charge in [0.25, 0.3) is 0 Å². The standard InChI is InChI=1S/C11H16N2O3/c1-8(14)3-5-10(15)12-9-4-6-11(16)13(2)7-9/h4,6-8,14H,3,5H2,1-2H3,(H,12,15). The van der Waals surface area contributed by atoms with Gasteiger partial charge in [-0.2, -0.15) is 0 Å². The fraction of sp³-hybridized carbons (Fsp3) is 0.455. The number of pyridine rings is 1. The van der Waals surface area contributed by atoms with Crippen molar-refractivity contribution in [1.82, 2.24) is 4.57 Å². The highest BCUT2D eigenvalue weighted by molar-refractivity contribution is 5.90. The third kappa shape index (κ3) is 3.86. The second kappa shape index (κ2) is 5.46. The average Bonchev–Trinajstić information content (AvgIpc) is 2.21. The van der Waals surface area contributed by atoms with Gasteiger partial charge in [-0.15, -0.1) is 0 Å². The molecule has 0 saturated heterocycles. The molecule has 0 aliphatic carbocycles. The van der Waals surface area contributed by atoms with Gasteiger partial charge in [-0.3, -0.25) is 9.59 Å². The maximum absolute atomic E-state index is 11.4. The van der Waals surface area contributed by atoms with Crippen LogP contribution in [0.25, 0.3) is 0 Å². The molecule has 0 spiro atoms. The van der Waals surface area contributed by atoms with Gasteiger partial charge in [0.1, 0.15) is 0 Å². The van der Waals surface area contributed by atoms with E-state index in [-0.39, 0.29) is 17.9 Å². The van der Waals surface area contributed by atoms with Crippen LogP contribution in [0, 0.1) is 0 Å². The first-order valence-electron chi connectivity index (χ1n) is 5.13. The first-order valence-corrected chi connectivity index (χ1v) is 5.13. The monoisotopic (exact) mass is 224 g/mol. The number of amides is 1. The van der Waals surface area contributed by atoms with E-state index in [9.17, 15) is 9.59 Å². The van der Waals surface area contributed by atoms with Gasteiger partial charge < -0.3 is 15.0 Å². The van der Waals surface area contributed by atoms with E-state index in [0.29, 0.717) is 12.1 Å². The highest BCUT2D eigenvalue weighted by Crippen LogP contribution is 2.04. The van der Waals surface area contributed by atoms with Gasteiger partial charge >= 0.3 is 0 Å². The number of carbonyl (C=O) groups excluding carboxylic acids is 1. The molecule has 0 saturated carbocycles. The molecule has 5 nitrogen and oxygen atoms in total. The molecule has 1 rings (SSSR count). The third-order valence-corrected chi connectivity index (χ3v) is 2.16. The number of aliphatic hydroxyl groups is 1. The summed E-state index contributed by atoms with van der Waals surface area (Å²) >= 11 is 0. The Bertz CT molecular complexity index is 423. The van der Waals surface area contributed by atoms with Crippen molar-refractivity contribution in [3.63, 3.8) is 0 Å². The van der Waals surface area contributed by atoms with Gasteiger partial charge in [0.15, 0.2) is 0 Å². The molecule has 1 aromatic rings. The molecule has 16 heavy (non-hydrogen) atoms. The second-order valence-electron chi connectivity index (χ2n) is 3.80. The highest BCUT2D eigenvalue weighted by atomic mass is 16.3. The largest absolute Gasteiger partial charge is 0.393 e. The Morgan fingerprint density at radius 1 is 1.56 bits per heavy atom. The zero-order valence-corrected chi connectivity index (χ0v) is 9.43. The lowest BCUT2D eigenvalue weighted by Gasteiger charge is -2.07. The lowest BCUT2D eigenvalue weighted by Crippen LogP contribution is -2.18. The van der Waals surface area contributed by atoms with Gasteiger partial charge in [0, 0.05) is 25.7 Å². The lowest BCUT2D eigenvalue weighted by atomic mass is 10.2. The summed E-state index contributed by atoms with van der Waals surface area (Å²) in [7, 11) is 1.62. The van der Waals surface area contributed by atoms with E-state index in [1.54, 1.807) is 26.2 Å². The minimum atomic E-state index is -0.481. The van der Waals surface area contributed by atoms with E-state index in [1.165, 1.54) is 10.6 Å². The van der Waals surface area contributed by atoms with Crippen LogP contribution in [0.3, 0.4) is 0 Å². The Kier molecular flexibility index (Phi) is 4.25. The van der Waals surface area contributed by atoms with Crippen LogP contribution in [0.1, 0.15) is 19.8 Å². The lowest BCUT2D eigenvalue weighted by molar-refractivity contribution is -0.116. The number of aromatic nitrogens is 1. The van der Waals surface area contributed by atoms with Gasteiger partial charge in [0.2, 0.25) is 11.5 Å². The quantitative estimate of drug-likeness (QED) is 0.781. The molecule has 0 bridgehead atoms. The van der Waals surface area contributed by atoms with E-state index in [4.69, 9.17) is 5.11 Å². The summed E-state index contributed by atoms with van der Waals surface area (Å²) in [4.78, 5) is 22.5. The number of nitrogens with one attached hydrogen (secondary N) is 1. The molecule has 1 heterocycles. The van der Waals surface area contributed by atoms with E-state index >= 15 is 0 Å². The summed E-state index contributed by atoms with van der Waals surface area (Å²) < 4.78 is 1.39. The van der Waals surface area contributed by atoms with Crippen LogP contribution >= 0.6 is 0 Å². The molecule has 1 aromatic heterocycles. The molecule has 5 heteroatoms. The van der Waals surface area contributed by atoms with Crippen LogP contribution in [0.4, 0.5) is 5.69 Å². The summed E-state index contributed by atoms with van der Waals surface area (Å²) in [5, 5.41) is 11.7. The Morgan fingerprint density at radius 3 is 2.81 bits per heavy atom. The molecule has 88 valence electrons. The number of rotatable bonds is 4. The molecule has 0 radical (unpaired) electrons. The number of hydrogen-bond donors (Lipinski definition) is 2. The van der Waals surface area contributed by atoms with Crippen LogP contribution in [0.5, 0.6) is 0 Å². The summed E-state index contributed by atoms with van der Waals surface area (Å²) in [5.74, 6) is -0.167. The minimum absolute atomic E-state index is 0.123. The van der Waals surface area contributed by atoms with Crippen LogP contribution in [0.15, 0.2) is 23.1 Å². The summed E-state index contributed by atoms with van der Waals surface area (Å²) in [6, 6.07) is 2.95. The fourth-order valence-electron chi connectivity index (χ4n) is 1.23. The molecule has 1 unspecified atom stereocenters. The molecule has 2 N–H and O–H groups in total. The number of aliphatic hydroxyl groups excluding tert-OH is 1. The van der Waals surface area contributed by atoms with Gasteiger partial charge in [-0.05, 0) is 19.4 Å². The average molecular weight is 224 g/mol. The molecular weight excluding hydrogens is 208 g/mol. The first kappa shape index (κ1) is 12.4. The fourth-order valence-corrected chi connectivity index (χ4v) is 1.23. The van der Waals surface area contributed by atoms with Crippen molar-refractivity contribution in [2.24, 2.45) is 7.05 Å². The highest BCUT2D eigenvalue weighted by Gasteiger charge is 2.05. The van der Waals surface area contributed by atoms with Gasteiger partial charge in [-0.25, -0.2) is 0 Å². The third-order valence-electron chi connectivity index (χ3n) is 2.16. The Balaban J connectivity index is 2.56. The Labute approximate surface area is 93.7 Å². The predicted octanol–water partition coefficient (Wildman–Crippen LogP) is 0.485. The zero-order chi connectivity index (χ0) is 12.1. The van der Waals surface area contributed by atoms with Crippen molar-refractivity contribution in [1.29, 1.82) is 0 Å². The molecular formula is C11H16N2O3. The van der Waals surface area contributed by atoms with Crippen molar-refractivity contribution in [3.8, 4) is 0 Å². The van der Waals surface area contributed by atoms with E-state index in [0.717, 1.165) is 0 Å². The Morgan fingerprint density at radius 2 is 2.25 bits per heavy atom. The van der Waals surface area contributed by atoms with Crippen LogP contribution < -0.4 is 10.9 Å². The van der Waals surface area contributed by atoms with Crippen molar-refractivity contribution in [2.75, 3.05) is 5.32 Å². The molecule has 0 aliphatic rings. The van der Waals surface area contributed by atoms with Crippen molar-refractivity contribution in [2.45, 2.75) is 25.9 Å². The maximum atomic E-state index is 11.4. The first-order chi connectivity index (χ1) is 7.49. The molecule has 0 aromatic carbocycles. The zero-order valence-electron chi connectivity index (χ0n) is 9.43. The van der Waals surface area contributed by atoms with Crippen LogP contribution in [0.2, 0.25) is 0 Å². The molecule has 1 atom stereocenters. The predicted molar refractivity (Wildman–Crippen MR) is 61.2 cm³/mol. The van der Waals surface area contributed by atoms with E-state index in [2.05, 4.69) is 5.32 Å². The van der Waals surface area contributed by atoms with Gasteiger partial charge in [0.05, 0.1) is 11.8 Å². The van der Waals surface area contributed by atoms with E-state index < -0.39 is 6.10 Å². The summed E-state index contributed by atoms with van der Waals surface area (Å²) in [6.45, 7) is 1.64. The second-order valence-corrected chi connectivity index (χ2v) is 3.80. The molecule has 1 amide bonds. The van der Waals surface area contributed by atoms with Crippen LogP contribution in [-0.4, -0.2) is 21.7 Å². The van der Waals surface area contributed by atoms with Crippen molar-refractivity contribution >= 4 is 11.6 Å². The van der Waals surface area contributed by atoms with Crippen LogP contribution in [-0.2, 0) is 11.8 Å². The normalized spacial score (nSPS) is 12.2. The molecule has 0 aliphatic heterocycles. The molecule has 0 fully saturated rings. The summed E-state index contributed by atoms with van der Waals surface area (Å²) in [5.41, 5.74) is 0.458. The minimum Gasteiger partial charge on any atom is -0.393 e. The number of aryl methyl sites for hydroxylation is 1. The smallest absolute Gasteiger partial charge is 0.250 e. The topological polar surface area (TPSA) is 71.3 Å². The van der Waals surface area contributed by atoms with Crippen molar-refractivity contribution < 1.29 is 9.90 Å². The number of anilines is 1. The number of nitrogens with zero attached hydrogens (tertiary/aromatic N) is 1. The summed E-state index contributed by atoms with van der Waals surface area (Å²) in [6.07, 6.45) is 1.77. The SMILES string of the molecule is CC(O)CCC(=O)Nc1ccc(=O)n(C)c1.